The summed E-state index contributed by atoms with van der Waals surface area (Å²) in [5.74, 6) is -0.425. The van der Waals surface area contributed by atoms with Crippen LogP contribution in [0.2, 0.25) is 0 Å². The molecular weight excluding hydrogens is 356 g/mol. The molecule has 28 heavy (non-hydrogen) atoms. The molecule has 1 heterocycles. The number of benzene rings is 2. The normalized spacial score (nSPS) is 11.5. The number of aromatic hydroxyl groups is 1. The lowest BCUT2D eigenvalue weighted by molar-refractivity contribution is 0.429. The summed E-state index contributed by atoms with van der Waals surface area (Å²) in [5.41, 5.74) is 1.13. The van der Waals surface area contributed by atoms with E-state index in [2.05, 4.69) is 9.98 Å². The summed E-state index contributed by atoms with van der Waals surface area (Å²) in [6.45, 7) is 1.84. The van der Waals surface area contributed by atoms with Crippen molar-refractivity contribution in [2.24, 2.45) is 4.99 Å². The molecule has 3 aromatic rings. The van der Waals surface area contributed by atoms with Crippen LogP contribution in [0.5, 0.6) is 5.88 Å². The lowest BCUT2D eigenvalue weighted by Crippen LogP contribution is -2.33. The predicted molar refractivity (Wildman–Crippen MR) is 112 cm³/mol. The van der Waals surface area contributed by atoms with E-state index < -0.39 is 17.1 Å². The zero-order valence-electron chi connectivity index (χ0n) is 16.0. The van der Waals surface area contributed by atoms with E-state index in [1.165, 1.54) is 0 Å². The van der Waals surface area contributed by atoms with E-state index in [0.717, 1.165) is 10.3 Å². The van der Waals surface area contributed by atoms with Crippen molar-refractivity contribution < 1.29 is 5.11 Å². The largest absolute Gasteiger partial charge is 0.493 e. The Kier molecular flexibility index (Phi) is 5.44. The highest BCUT2D eigenvalue weighted by molar-refractivity contribution is 6.03. The van der Waals surface area contributed by atoms with E-state index in [9.17, 15) is 14.7 Å². The average molecular weight is 378 g/mol. The number of nitrogens with zero attached hydrogens (tertiary/aromatic N) is 3. The quantitative estimate of drug-likeness (QED) is 0.668. The molecule has 144 valence electrons. The fourth-order valence-electron chi connectivity index (χ4n) is 2.89. The van der Waals surface area contributed by atoms with Gasteiger partial charge in [0.15, 0.2) is 0 Å². The maximum atomic E-state index is 12.5. The summed E-state index contributed by atoms with van der Waals surface area (Å²) in [6, 6.07) is 16.1. The highest BCUT2D eigenvalue weighted by atomic mass is 16.3. The zero-order valence-corrected chi connectivity index (χ0v) is 16.0. The first-order valence-electron chi connectivity index (χ1n) is 8.91. The summed E-state index contributed by atoms with van der Waals surface area (Å²) in [6.07, 6.45) is 0.402. The molecule has 0 aliphatic rings. The first-order chi connectivity index (χ1) is 13.4. The number of hydrogen-bond acceptors (Lipinski definition) is 5. The molecule has 7 heteroatoms. The van der Waals surface area contributed by atoms with Crippen molar-refractivity contribution in [3.8, 4) is 11.6 Å². The summed E-state index contributed by atoms with van der Waals surface area (Å²) in [4.78, 5) is 33.5. The molecule has 2 aromatic carbocycles. The third-order valence-corrected chi connectivity index (χ3v) is 4.35. The Labute approximate surface area is 162 Å². The van der Waals surface area contributed by atoms with Crippen LogP contribution < -0.4 is 16.1 Å². The van der Waals surface area contributed by atoms with Gasteiger partial charge in [-0.25, -0.2) is 9.36 Å². The number of nitrogens with one attached hydrogen (secondary N) is 1. The third-order valence-electron chi connectivity index (χ3n) is 4.35. The highest BCUT2D eigenvalue weighted by Gasteiger charge is 2.19. The summed E-state index contributed by atoms with van der Waals surface area (Å²) >= 11 is 0. The number of aromatic amines is 1. The van der Waals surface area contributed by atoms with Crippen molar-refractivity contribution in [3.05, 3.63) is 81.0 Å². The lowest BCUT2D eigenvalue weighted by atomic mass is 10.1. The molecule has 7 nitrogen and oxygen atoms in total. The fourth-order valence-corrected chi connectivity index (χ4v) is 2.89. The van der Waals surface area contributed by atoms with Gasteiger partial charge in [0.05, 0.1) is 17.1 Å². The molecule has 0 bridgehead atoms. The van der Waals surface area contributed by atoms with Crippen molar-refractivity contribution in [2.45, 2.75) is 13.3 Å². The van der Waals surface area contributed by atoms with E-state index in [0.29, 0.717) is 23.5 Å². The SMILES string of the molecule is CCC(=Nc1ccc(N(C)C)cc1)c1c(O)n(-c2ccccc2)c(=O)[nH]c1=O. The van der Waals surface area contributed by atoms with Gasteiger partial charge >= 0.3 is 5.69 Å². The number of para-hydroxylation sites is 1. The molecule has 0 radical (unpaired) electrons. The topological polar surface area (TPSA) is 90.7 Å². The predicted octanol–water partition coefficient (Wildman–Crippen LogP) is 2.83. The Morgan fingerprint density at radius 2 is 1.71 bits per heavy atom. The minimum absolute atomic E-state index is 0.0114. The number of hydrogen-bond donors (Lipinski definition) is 2. The van der Waals surface area contributed by atoms with Crippen LogP contribution in [0.4, 0.5) is 11.4 Å². The second kappa shape index (κ2) is 7.96. The Morgan fingerprint density at radius 1 is 1.07 bits per heavy atom. The molecular formula is C21H22N4O3. The maximum Gasteiger partial charge on any atom is 0.335 e. The van der Waals surface area contributed by atoms with Gasteiger partial charge in [-0.1, -0.05) is 25.1 Å². The average Bonchev–Trinajstić information content (AvgIpc) is 2.68. The second-order valence-electron chi connectivity index (χ2n) is 6.45. The van der Waals surface area contributed by atoms with E-state index in [4.69, 9.17) is 0 Å². The van der Waals surface area contributed by atoms with Crippen LogP contribution in [0, 0.1) is 0 Å². The van der Waals surface area contributed by atoms with Crippen LogP contribution in [0.25, 0.3) is 5.69 Å². The maximum absolute atomic E-state index is 12.5. The van der Waals surface area contributed by atoms with Gasteiger partial charge < -0.3 is 10.0 Å². The van der Waals surface area contributed by atoms with Gasteiger partial charge in [0.25, 0.3) is 5.56 Å². The molecule has 0 unspecified atom stereocenters. The van der Waals surface area contributed by atoms with Crippen molar-refractivity contribution in [3.63, 3.8) is 0 Å². The van der Waals surface area contributed by atoms with Crippen LogP contribution in [0.15, 0.2) is 69.2 Å². The van der Waals surface area contributed by atoms with Gasteiger partial charge in [-0.05, 0) is 42.8 Å². The molecule has 0 amide bonds. The smallest absolute Gasteiger partial charge is 0.335 e. The van der Waals surface area contributed by atoms with Crippen molar-refractivity contribution in [2.75, 3.05) is 19.0 Å². The van der Waals surface area contributed by atoms with Crippen LogP contribution in [0.3, 0.4) is 0 Å². The molecule has 0 saturated carbocycles. The van der Waals surface area contributed by atoms with E-state index in [1.54, 1.807) is 30.3 Å². The van der Waals surface area contributed by atoms with E-state index in [1.807, 2.05) is 50.2 Å². The number of aliphatic imine (C=N–C) groups is 1. The van der Waals surface area contributed by atoms with Gasteiger partial charge in [-0.2, -0.15) is 0 Å². The van der Waals surface area contributed by atoms with Gasteiger partial charge in [0, 0.05) is 19.8 Å². The second-order valence-corrected chi connectivity index (χ2v) is 6.45. The van der Waals surface area contributed by atoms with Gasteiger partial charge in [0.2, 0.25) is 5.88 Å². The summed E-state index contributed by atoms with van der Waals surface area (Å²) in [7, 11) is 3.89. The minimum Gasteiger partial charge on any atom is -0.493 e. The standard InChI is InChI=1S/C21H22N4O3/c1-4-17(22-14-10-12-15(13-11-14)24(2)3)18-19(26)23-21(28)25(20(18)27)16-8-6-5-7-9-16/h5-13,27H,4H2,1-3H3,(H,23,26,28). The number of aromatic nitrogens is 2. The molecule has 1 aromatic heterocycles. The number of anilines is 1. The Hall–Kier alpha value is -3.61. The van der Waals surface area contributed by atoms with Crippen LogP contribution in [-0.4, -0.2) is 34.5 Å². The number of rotatable bonds is 5. The molecule has 0 saturated heterocycles. The molecule has 2 N–H and O–H groups in total. The Morgan fingerprint density at radius 3 is 2.29 bits per heavy atom. The molecule has 0 fully saturated rings. The van der Waals surface area contributed by atoms with Crippen molar-refractivity contribution in [1.82, 2.24) is 9.55 Å². The van der Waals surface area contributed by atoms with Gasteiger partial charge in [-0.15, -0.1) is 0 Å². The van der Waals surface area contributed by atoms with Gasteiger partial charge in [-0.3, -0.25) is 14.8 Å². The van der Waals surface area contributed by atoms with Crippen LogP contribution in [-0.2, 0) is 0 Å². The first kappa shape index (κ1) is 19.2. The van der Waals surface area contributed by atoms with Crippen LogP contribution in [0.1, 0.15) is 18.9 Å². The Balaban J connectivity index is 2.15. The molecule has 0 aliphatic carbocycles. The molecule has 0 atom stereocenters. The monoisotopic (exact) mass is 378 g/mol. The molecule has 0 spiro atoms. The zero-order chi connectivity index (χ0) is 20.3. The van der Waals surface area contributed by atoms with Crippen molar-refractivity contribution in [1.29, 1.82) is 0 Å². The third kappa shape index (κ3) is 3.73. The number of H-pyrrole nitrogens is 1. The molecule has 3 rings (SSSR count). The van der Waals surface area contributed by atoms with Crippen LogP contribution >= 0.6 is 0 Å². The summed E-state index contributed by atoms with van der Waals surface area (Å²) in [5, 5.41) is 10.8. The first-order valence-corrected chi connectivity index (χ1v) is 8.91. The van der Waals surface area contributed by atoms with Gasteiger partial charge in [0.1, 0.15) is 5.56 Å². The fraction of sp³-hybridized carbons (Fsp3) is 0.190. The van der Waals surface area contributed by atoms with E-state index in [-0.39, 0.29) is 5.56 Å². The molecule has 0 aliphatic heterocycles. The van der Waals surface area contributed by atoms with E-state index >= 15 is 0 Å². The summed E-state index contributed by atoms with van der Waals surface area (Å²) < 4.78 is 1.07. The lowest BCUT2D eigenvalue weighted by Gasteiger charge is -2.13. The van der Waals surface area contributed by atoms with Crippen molar-refractivity contribution >= 4 is 17.1 Å². The minimum atomic E-state index is -0.705. The Bertz CT molecular complexity index is 1110. The highest BCUT2D eigenvalue weighted by Crippen LogP contribution is 2.22.